The van der Waals surface area contributed by atoms with Crippen LogP contribution >= 0.6 is 0 Å². The number of carbonyl (C=O) groups excluding carboxylic acids is 2. The number of fused-ring (bicyclic) bond motifs is 1. The Morgan fingerprint density at radius 3 is 2.44 bits per heavy atom. The van der Waals surface area contributed by atoms with Crippen molar-refractivity contribution in [2.45, 2.75) is 36.7 Å². The lowest BCUT2D eigenvalue weighted by Crippen LogP contribution is -2.54. The zero-order valence-electron chi connectivity index (χ0n) is 19.2. The first-order valence-electron chi connectivity index (χ1n) is 11.3. The third kappa shape index (κ3) is 4.74. The van der Waals surface area contributed by atoms with E-state index in [-0.39, 0.29) is 30.0 Å². The van der Waals surface area contributed by atoms with Crippen molar-refractivity contribution in [3.05, 3.63) is 54.6 Å². The van der Waals surface area contributed by atoms with Crippen LogP contribution in [0.15, 0.2) is 59.5 Å². The van der Waals surface area contributed by atoms with Gasteiger partial charge in [0.15, 0.2) is 0 Å². The van der Waals surface area contributed by atoms with Crippen LogP contribution in [-0.2, 0) is 19.6 Å². The fourth-order valence-electron chi connectivity index (χ4n) is 4.73. The number of hydrogen-bond acceptors (Lipinski definition) is 6. The second-order valence-corrected chi connectivity index (χ2v) is 10.2. The minimum atomic E-state index is -4.04. The van der Waals surface area contributed by atoms with Crippen molar-refractivity contribution in [3.8, 4) is 5.75 Å². The number of benzene rings is 2. The van der Waals surface area contributed by atoms with Crippen molar-refractivity contribution in [2.24, 2.45) is 5.92 Å². The third-order valence-electron chi connectivity index (χ3n) is 6.39. The van der Waals surface area contributed by atoms with Crippen LogP contribution in [0.4, 0.5) is 10.5 Å². The summed E-state index contributed by atoms with van der Waals surface area (Å²) in [6, 6.07) is 13.4. The average Bonchev–Trinajstić information content (AvgIpc) is 3.24. The van der Waals surface area contributed by atoms with Crippen LogP contribution in [0.1, 0.15) is 19.8 Å². The SMILES string of the molecule is CCOC(=O)[C@@H]1C[C@@H]2CCN(C(=O)Nc3ccccc3)C[C@@H]2N1S(=O)(=O)c1ccc(OC)cc1. The minimum Gasteiger partial charge on any atom is -0.497 e. The zero-order valence-corrected chi connectivity index (χ0v) is 20.0. The lowest BCUT2D eigenvalue weighted by molar-refractivity contribution is -0.147. The molecule has 2 fully saturated rings. The number of urea groups is 1. The van der Waals surface area contributed by atoms with Gasteiger partial charge in [-0.2, -0.15) is 4.31 Å². The van der Waals surface area contributed by atoms with Gasteiger partial charge in [0.2, 0.25) is 10.0 Å². The van der Waals surface area contributed by atoms with Crippen molar-refractivity contribution < 1.29 is 27.5 Å². The van der Waals surface area contributed by atoms with Gasteiger partial charge < -0.3 is 19.7 Å². The molecule has 0 radical (unpaired) electrons. The van der Waals surface area contributed by atoms with Gasteiger partial charge in [-0.25, -0.2) is 13.2 Å². The fraction of sp³-hybridized carbons (Fsp3) is 0.417. The molecule has 2 heterocycles. The molecule has 0 aromatic heterocycles. The second-order valence-electron chi connectivity index (χ2n) is 8.37. The van der Waals surface area contributed by atoms with Crippen LogP contribution in [0, 0.1) is 5.92 Å². The first-order valence-corrected chi connectivity index (χ1v) is 12.7. The largest absolute Gasteiger partial charge is 0.497 e. The Morgan fingerprint density at radius 2 is 1.79 bits per heavy atom. The van der Waals surface area contributed by atoms with Crippen molar-refractivity contribution in [1.82, 2.24) is 9.21 Å². The summed E-state index contributed by atoms with van der Waals surface area (Å²) in [5, 5.41) is 2.86. The second kappa shape index (κ2) is 10.0. The zero-order chi connectivity index (χ0) is 24.3. The van der Waals surface area contributed by atoms with Gasteiger partial charge in [0.1, 0.15) is 11.8 Å². The summed E-state index contributed by atoms with van der Waals surface area (Å²) < 4.78 is 39.1. The first-order chi connectivity index (χ1) is 16.3. The topological polar surface area (TPSA) is 105 Å². The van der Waals surface area contributed by atoms with E-state index in [4.69, 9.17) is 9.47 Å². The number of para-hydroxylation sites is 1. The molecule has 0 spiro atoms. The lowest BCUT2D eigenvalue weighted by Gasteiger charge is -2.38. The van der Waals surface area contributed by atoms with Crippen molar-refractivity contribution >= 4 is 27.7 Å². The summed E-state index contributed by atoms with van der Waals surface area (Å²) in [7, 11) is -2.53. The number of piperidine rings is 1. The minimum absolute atomic E-state index is 0.0526. The smallest absolute Gasteiger partial charge is 0.324 e. The van der Waals surface area contributed by atoms with E-state index in [0.717, 1.165) is 0 Å². The normalized spacial score (nSPS) is 22.6. The first kappa shape index (κ1) is 24.0. The van der Waals surface area contributed by atoms with Gasteiger partial charge in [0, 0.05) is 24.8 Å². The Morgan fingerprint density at radius 1 is 1.09 bits per heavy atom. The molecular weight excluding hydrogens is 458 g/mol. The van der Waals surface area contributed by atoms with Crippen LogP contribution in [-0.4, -0.2) is 68.5 Å². The summed E-state index contributed by atoms with van der Waals surface area (Å²) in [4.78, 5) is 27.4. The molecule has 0 saturated carbocycles. The number of methoxy groups -OCH3 is 1. The number of anilines is 1. The molecule has 2 aliphatic rings. The van der Waals surface area contributed by atoms with Crippen LogP contribution in [0.3, 0.4) is 0 Å². The standard InChI is InChI=1S/C24H29N3O6S/c1-3-33-23(28)21-15-17-13-14-26(24(29)25-18-7-5-4-6-8-18)16-22(17)27(21)34(30,31)20-11-9-19(32-2)10-12-20/h4-12,17,21-22H,3,13-16H2,1-2H3,(H,25,29)/t17-,21-,22-/m0/s1. The van der Waals surface area contributed by atoms with E-state index in [1.807, 2.05) is 18.2 Å². The van der Waals surface area contributed by atoms with E-state index in [1.54, 1.807) is 36.1 Å². The lowest BCUT2D eigenvalue weighted by atomic mass is 9.91. The van der Waals surface area contributed by atoms with Gasteiger partial charge in [-0.1, -0.05) is 18.2 Å². The van der Waals surface area contributed by atoms with Gasteiger partial charge in [0.25, 0.3) is 0 Å². The van der Waals surface area contributed by atoms with Crippen molar-refractivity contribution in [2.75, 3.05) is 32.1 Å². The highest BCUT2D eigenvalue weighted by atomic mass is 32.2. The van der Waals surface area contributed by atoms with Crippen LogP contribution in [0.5, 0.6) is 5.75 Å². The molecule has 2 saturated heterocycles. The molecule has 2 aliphatic heterocycles. The Hall–Kier alpha value is -3.11. The summed E-state index contributed by atoms with van der Waals surface area (Å²) in [5.41, 5.74) is 0.660. The molecule has 3 atom stereocenters. The van der Waals surface area contributed by atoms with Gasteiger partial charge in [0.05, 0.1) is 18.6 Å². The molecule has 34 heavy (non-hydrogen) atoms. The molecule has 2 amide bonds. The summed E-state index contributed by atoms with van der Waals surface area (Å²) in [5.74, 6) is -0.0842. The van der Waals surface area contributed by atoms with Gasteiger partial charge >= 0.3 is 12.0 Å². The van der Waals surface area contributed by atoms with Gasteiger partial charge in [-0.3, -0.25) is 4.79 Å². The molecule has 0 bridgehead atoms. The Balaban J connectivity index is 1.62. The number of nitrogens with one attached hydrogen (secondary N) is 1. The van der Waals surface area contributed by atoms with Crippen LogP contribution < -0.4 is 10.1 Å². The molecular formula is C24H29N3O6S. The quantitative estimate of drug-likeness (QED) is 0.628. The molecule has 4 rings (SSSR count). The highest BCUT2D eigenvalue weighted by Gasteiger charge is 2.53. The van der Waals surface area contributed by atoms with E-state index in [2.05, 4.69) is 5.32 Å². The molecule has 2 aromatic carbocycles. The number of carbonyl (C=O) groups is 2. The Labute approximate surface area is 199 Å². The summed E-state index contributed by atoms with van der Waals surface area (Å²) in [6.07, 6.45) is 0.963. The maximum Gasteiger partial charge on any atom is 0.324 e. The maximum atomic E-state index is 13.7. The molecule has 182 valence electrons. The molecule has 2 aromatic rings. The molecule has 0 aliphatic carbocycles. The number of amides is 2. The van der Waals surface area contributed by atoms with E-state index in [9.17, 15) is 18.0 Å². The molecule has 0 unspecified atom stereocenters. The highest BCUT2D eigenvalue weighted by molar-refractivity contribution is 7.89. The monoisotopic (exact) mass is 487 g/mol. The molecule has 1 N–H and O–H groups in total. The molecule has 10 heteroatoms. The van der Waals surface area contributed by atoms with Crippen LogP contribution in [0.2, 0.25) is 0 Å². The van der Waals surface area contributed by atoms with Crippen LogP contribution in [0.25, 0.3) is 0 Å². The summed E-state index contributed by atoms with van der Waals surface area (Å²) >= 11 is 0. The Kier molecular flexibility index (Phi) is 7.08. The van der Waals surface area contributed by atoms with Crippen molar-refractivity contribution in [1.29, 1.82) is 0 Å². The van der Waals surface area contributed by atoms with E-state index < -0.39 is 28.1 Å². The fourth-order valence-corrected chi connectivity index (χ4v) is 6.55. The van der Waals surface area contributed by atoms with E-state index >= 15 is 0 Å². The summed E-state index contributed by atoms with van der Waals surface area (Å²) in [6.45, 7) is 2.52. The van der Waals surface area contributed by atoms with E-state index in [0.29, 0.717) is 30.8 Å². The number of rotatable bonds is 6. The van der Waals surface area contributed by atoms with Crippen molar-refractivity contribution in [3.63, 3.8) is 0 Å². The number of nitrogens with zero attached hydrogens (tertiary/aromatic N) is 2. The predicted octanol–water partition coefficient (Wildman–Crippen LogP) is 2.94. The number of esters is 1. The Bertz CT molecular complexity index is 1120. The van der Waals surface area contributed by atoms with Gasteiger partial charge in [-0.15, -0.1) is 0 Å². The number of hydrogen-bond donors (Lipinski definition) is 1. The van der Waals surface area contributed by atoms with Gasteiger partial charge in [-0.05, 0) is 62.1 Å². The maximum absolute atomic E-state index is 13.7. The number of sulfonamides is 1. The average molecular weight is 488 g/mol. The number of ether oxygens (including phenoxy) is 2. The highest BCUT2D eigenvalue weighted by Crippen LogP contribution is 2.40. The third-order valence-corrected chi connectivity index (χ3v) is 8.34. The molecule has 9 nitrogen and oxygen atoms in total. The predicted molar refractivity (Wildman–Crippen MR) is 126 cm³/mol. The van der Waals surface area contributed by atoms with E-state index in [1.165, 1.54) is 23.5 Å². The number of likely N-dealkylation sites (tertiary alicyclic amines) is 1.